The molecular formula is C28H37N5O4. The van der Waals surface area contributed by atoms with E-state index in [-0.39, 0.29) is 30.1 Å². The SMILES string of the molecule is COc1cccc2[nH]c(C(=O)N3CCCCCCCCCC3C(=O)N[C@H](C#N)C[C@@H]3CCNC3=O)cc12. The fraction of sp³-hybridized carbons (Fsp3) is 0.571. The number of nitriles is 1. The van der Waals surface area contributed by atoms with Gasteiger partial charge in [0.2, 0.25) is 11.8 Å². The third kappa shape index (κ3) is 6.43. The molecule has 2 aliphatic rings. The molecule has 2 saturated heterocycles. The molecular weight excluding hydrogens is 470 g/mol. The summed E-state index contributed by atoms with van der Waals surface area (Å²) >= 11 is 0. The Hall–Kier alpha value is -3.54. The number of methoxy groups -OCH3 is 1. The van der Waals surface area contributed by atoms with E-state index in [1.807, 2.05) is 18.2 Å². The third-order valence-electron chi connectivity index (χ3n) is 7.55. The van der Waals surface area contributed by atoms with Crippen LogP contribution in [0.1, 0.15) is 74.7 Å². The normalized spacial score (nSPS) is 21.9. The molecule has 1 aromatic heterocycles. The van der Waals surface area contributed by atoms with Crippen molar-refractivity contribution in [2.45, 2.75) is 76.3 Å². The quantitative estimate of drug-likeness (QED) is 0.550. The van der Waals surface area contributed by atoms with E-state index < -0.39 is 12.1 Å². The fourth-order valence-corrected chi connectivity index (χ4v) is 5.47. The van der Waals surface area contributed by atoms with Gasteiger partial charge in [-0.25, -0.2) is 0 Å². The van der Waals surface area contributed by atoms with Crippen LogP contribution in [0.5, 0.6) is 5.75 Å². The minimum absolute atomic E-state index is 0.0736. The first kappa shape index (κ1) is 26.5. The summed E-state index contributed by atoms with van der Waals surface area (Å²) in [6, 6.07) is 8.07. The van der Waals surface area contributed by atoms with Gasteiger partial charge in [0.1, 0.15) is 23.5 Å². The molecule has 9 nitrogen and oxygen atoms in total. The molecule has 0 bridgehead atoms. The summed E-state index contributed by atoms with van der Waals surface area (Å²) in [5.74, 6) is -0.244. The lowest BCUT2D eigenvalue weighted by Gasteiger charge is -2.31. The van der Waals surface area contributed by atoms with Crippen LogP contribution < -0.4 is 15.4 Å². The van der Waals surface area contributed by atoms with Crippen LogP contribution in [0.3, 0.4) is 0 Å². The summed E-state index contributed by atoms with van der Waals surface area (Å²) in [5.41, 5.74) is 1.20. The molecule has 3 N–H and O–H groups in total. The van der Waals surface area contributed by atoms with E-state index in [4.69, 9.17) is 4.74 Å². The molecule has 0 spiro atoms. The first-order chi connectivity index (χ1) is 18.0. The van der Waals surface area contributed by atoms with Gasteiger partial charge in [-0.3, -0.25) is 14.4 Å². The van der Waals surface area contributed by atoms with Crippen molar-refractivity contribution in [2.75, 3.05) is 20.2 Å². The zero-order chi connectivity index (χ0) is 26.2. The largest absolute Gasteiger partial charge is 0.496 e. The van der Waals surface area contributed by atoms with E-state index in [0.29, 0.717) is 37.4 Å². The summed E-state index contributed by atoms with van der Waals surface area (Å²) in [6.07, 6.45) is 8.48. The molecule has 198 valence electrons. The van der Waals surface area contributed by atoms with Crippen molar-refractivity contribution in [1.82, 2.24) is 20.5 Å². The maximum absolute atomic E-state index is 13.9. The summed E-state index contributed by atoms with van der Waals surface area (Å²) in [7, 11) is 1.60. The average molecular weight is 508 g/mol. The molecule has 1 aromatic carbocycles. The monoisotopic (exact) mass is 507 g/mol. The lowest BCUT2D eigenvalue weighted by atomic mass is 9.98. The minimum atomic E-state index is -0.783. The van der Waals surface area contributed by atoms with E-state index in [1.54, 1.807) is 18.1 Å². The number of hydrogen-bond donors (Lipinski definition) is 3. The Balaban J connectivity index is 1.58. The predicted molar refractivity (Wildman–Crippen MR) is 140 cm³/mol. The Labute approximate surface area is 217 Å². The van der Waals surface area contributed by atoms with Crippen LogP contribution in [-0.4, -0.2) is 59.9 Å². The number of fused-ring (bicyclic) bond motifs is 1. The van der Waals surface area contributed by atoms with Crippen LogP contribution in [0, 0.1) is 17.2 Å². The van der Waals surface area contributed by atoms with E-state index >= 15 is 0 Å². The summed E-state index contributed by atoms with van der Waals surface area (Å²) < 4.78 is 5.46. The lowest BCUT2D eigenvalue weighted by molar-refractivity contribution is -0.127. The van der Waals surface area contributed by atoms with Crippen molar-refractivity contribution in [3.8, 4) is 11.8 Å². The van der Waals surface area contributed by atoms with Crippen molar-refractivity contribution in [3.05, 3.63) is 30.0 Å². The Morgan fingerprint density at radius 1 is 1.16 bits per heavy atom. The van der Waals surface area contributed by atoms with Gasteiger partial charge in [-0.05, 0) is 43.9 Å². The maximum atomic E-state index is 13.9. The highest BCUT2D eigenvalue weighted by atomic mass is 16.5. The molecule has 9 heteroatoms. The van der Waals surface area contributed by atoms with Crippen molar-refractivity contribution >= 4 is 28.6 Å². The second-order valence-corrected chi connectivity index (χ2v) is 10.1. The van der Waals surface area contributed by atoms with Crippen LogP contribution in [0.4, 0.5) is 0 Å². The van der Waals surface area contributed by atoms with Crippen molar-refractivity contribution < 1.29 is 19.1 Å². The van der Waals surface area contributed by atoms with Crippen molar-refractivity contribution in [1.29, 1.82) is 5.26 Å². The maximum Gasteiger partial charge on any atom is 0.270 e. The second-order valence-electron chi connectivity index (χ2n) is 10.1. The summed E-state index contributed by atoms with van der Waals surface area (Å²) in [5, 5.41) is 16.2. The fourth-order valence-electron chi connectivity index (χ4n) is 5.47. The molecule has 2 aliphatic heterocycles. The number of amides is 3. The van der Waals surface area contributed by atoms with Crippen LogP contribution in [0.25, 0.3) is 10.9 Å². The number of nitrogens with one attached hydrogen (secondary N) is 3. The van der Waals surface area contributed by atoms with Gasteiger partial charge in [-0.1, -0.05) is 44.6 Å². The van der Waals surface area contributed by atoms with Gasteiger partial charge in [-0.15, -0.1) is 0 Å². The average Bonchev–Trinajstić information content (AvgIpc) is 3.51. The number of aromatic nitrogens is 1. The zero-order valence-corrected chi connectivity index (χ0v) is 21.6. The first-order valence-corrected chi connectivity index (χ1v) is 13.5. The highest BCUT2D eigenvalue weighted by Crippen LogP contribution is 2.28. The van der Waals surface area contributed by atoms with Gasteiger partial charge in [0.05, 0.1) is 13.2 Å². The van der Waals surface area contributed by atoms with Gasteiger partial charge in [0.25, 0.3) is 5.91 Å². The van der Waals surface area contributed by atoms with Gasteiger partial charge in [0, 0.05) is 29.9 Å². The third-order valence-corrected chi connectivity index (χ3v) is 7.55. The van der Waals surface area contributed by atoms with E-state index in [9.17, 15) is 19.6 Å². The predicted octanol–water partition coefficient (Wildman–Crippen LogP) is 3.66. The van der Waals surface area contributed by atoms with Crippen LogP contribution >= 0.6 is 0 Å². The molecule has 2 fully saturated rings. The second kappa shape index (κ2) is 12.6. The number of H-pyrrole nitrogens is 1. The smallest absolute Gasteiger partial charge is 0.270 e. The van der Waals surface area contributed by atoms with Crippen molar-refractivity contribution in [3.63, 3.8) is 0 Å². The van der Waals surface area contributed by atoms with Gasteiger partial charge in [-0.2, -0.15) is 5.26 Å². The minimum Gasteiger partial charge on any atom is -0.496 e. The van der Waals surface area contributed by atoms with E-state index in [1.165, 1.54) is 0 Å². The molecule has 0 saturated carbocycles. The van der Waals surface area contributed by atoms with Crippen molar-refractivity contribution in [2.24, 2.45) is 5.92 Å². The number of ether oxygens (including phenoxy) is 1. The van der Waals surface area contributed by atoms with E-state index in [0.717, 1.165) is 55.8 Å². The Morgan fingerprint density at radius 3 is 2.62 bits per heavy atom. The van der Waals surface area contributed by atoms with Gasteiger partial charge < -0.3 is 25.3 Å². The first-order valence-electron chi connectivity index (χ1n) is 13.5. The molecule has 3 heterocycles. The number of carbonyl (C=O) groups is 3. The van der Waals surface area contributed by atoms with Gasteiger partial charge in [0.15, 0.2) is 0 Å². The Bertz CT molecular complexity index is 1150. The molecule has 3 atom stereocenters. The molecule has 37 heavy (non-hydrogen) atoms. The Kier molecular flexibility index (Phi) is 9.04. The summed E-state index contributed by atoms with van der Waals surface area (Å²) in [4.78, 5) is 44.4. The molecule has 1 unspecified atom stereocenters. The number of carbonyl (C=O) groups excluding carboxylic acids is 3. The van der Waals surface area contributed by atoms with Crippen LogP contribution in [-0.2, 0) is 9.59 Å². The van der Waals surface area contributed by atoms with Crippen LogP contribution in [0.2, 0.25) is 0 Å². The number of aromatic amines is 1. The molecule has 3 amide bonds. The lowest BCUT2D eigenvalue weighted by Crippen LogP contribution is -2.52. The molecule has 0 aliphatic carbocycles. The summed E-state index contributed by atoms with van der Waals surface area (Å²) in [6.45, 7) is 1.06. The standard InChI is InChI=1S/C28H37N5O4/c1-37-25-12-9-10-22-21(25)17-23(32-22)28(36)33-15-8-6-4-2-3-5-7-11-24(33)27(35)31-20(18-29)16-19-13-14-30-26(19)34/h9-10,12,17,19-20,24,32H,2-8,11,13-16H2,1H3,(H,30,34)(H,31,35)/t19-,20-,24?/m0/s1. The molecule has 2 aromatic rings. The van der Waals surface area contributed by atoms with Gasteiger partial charge >= 0.3 is 0 Å². The Morgan fingerprint density at radius 2 is 1.92 bits per heavy atom. The topological polar surface area (TPSA) is 127 Å². The number of hydrogen-bond acceptors (Lipinski definition) is 5. The molecule has 4 rings (SSSR count). The number of benzene rings is 1. The highest BCUT2D eigenvalue weighted by molar-refractivity contribution is 6.01. The molecule has 0 radical (unpaired) electrons. The van der Waals surface area contributed by atoms with E-state index in [2.05, 4.69) is 21.7 Å². The number of rotatable bonds is 6. The highest BCUT2D eigenvalue weighted by Gasteiger charge is 2.34. The number of nitrogens with zero attached hydrogens (tertiary/aromatic N) is 2. The van der Waals surface area contributed by atoms with Crippen LogP contribution in [0.15, 0.2) is 24.3 Å². The zero-order valence-electron chi connectivity index (χ0n) is 21.6.